The molecule has 0 spiro atoms. The van der Waals surface area contributed by atoms with Crippen molar-refractivity contribution < 1.29 is 18.3 Å². The Hall–Kier alpha value is -1.23. The Balaban J connectivity index is 2.58. The number of hydrogen-bond donors (Lipinski definition) is 2. The Morgan fingerprint density at radius 1 is 1.27 bits per heavy atom. The molecule has 2 N–H and O–H groups in total. The molecule has 0 fully saturated rings. The van der Waals surface area contributed by atoms with Crippen LogP contribution in [0.3, 0.4) is 0 Å². The van der Waals surface area contributed by atoms with Gasteiger partial charge >= 0.3 is 6.18 Å². The highest BCUT2D eigenvalue weighted by molar-refractivity contribution is 5.44. The monoisotopic (exact) mass is 217 g/mol. The van der Waals surface area contributed by atoms with E-state index >= 15 is 0 Å². The van der Waals surface area contributed by atoms with Gasteiger partial charge in [0.15, 0.2) is 0 Å². The fourth-order valence-electron chi connectivity index (χ4n) is 1.84. The molecule has 0 radical (unpaired) electrons. The lowest BCUT2D eigenvalue weighted by Crippen LogP contribution is -2.26. The first-order valence-electron chi connectivity index (χ1n) is 4.61. The predicted molar refractivity (Wildman–Crippen MR) is 48.5 cm³/mol. The van der Waals surface area contributed by atoms with Crippen LogP contribution in [0.15, 0.2) is 12.1 Å². The molecule has 0 aliphatic carbocycles. The van der Waals surface area contributed by atoms with Crippen LogP contribution in [0.2, 0.25) is 0 Å². The minimum atomic E-state index is -4.40. The molecule has 0 bridgehead atoms. The Morgan fingerprint density at radius 2 is 2.00 bits per heavy atom. The lowest BCUT2D eigenvalue weighted by Gasteiger charge is -2.22. The van der Waals surface area contributed by atoms with E-state index in [0.717, 1.165) is 6.07 Å². The van der Waals surface area contributed by atoms with Crippen molar-refractivity contribution >= 4 is 0 Å². The summed E-state index contributed by atoms with van der Waals surface area (Å²) < 4.78 is 37.9. The quantitative estimate of drug-likeness (QED) is 0.697. The summed E-state index contributed by atoms with van der Waals surface area (Å²) in [7, 11) is 0. The molecule has 1 aliphatic rings. The van der Waals surface area contributed by atoms with Crippen LogP contribution in [-0.2, 0) is 19.1 Å². The highest BCUT2D eigenvalue weighted by atomic mass is 19.4. The standard InChI is InChI=1S/C10H10F3NO/c11-10(12,13)9-4-7(15)3-6-1-2-14-5-8(6)9/h3-4,14-15H,1-2,5H2. The maximum Gasteiger partial charge on any atom is 0.416 e. The van der Waals surface area contributed by atoms with Gasteiger partial charge in [0, 0.05) is 6.54 Å². The molecule has 0 aromatic heterocycles. The van der Waals surface area contributed by atoms with Crippen molar-refractivity contribution in [2.45, 2.75) is 19.1 Å². The van der Waals surface area contributed by atoms with Gasteiger partial charge in [-0.15, -0.1) is 0 Å². The van der Waals surface area contributed by atoms with Crippen molar-refractivity contribution in [1.82, 2.24) is 5.32 Å². The van der Waals surface area contributed by atoms with Crippen molar-refractivity contribution in [3.8, 4) is 5.75 Å². The smallest absolute Gasteiger partial charge is 0.416 e. The van der Waals surface area contributed by atoms with Gasteiger partial charge in [0.1, 0.15) is 5.75 Å². The molecule has 1 aromatic rings. The van der Waals surface area contributed by atoms with Gasteiger partial charge < -0.3 is 10.4 Å². The van der Waals surface area contributed by atoms with Gasteiger partial charge in [0.2, 0.25) is 0 Å². The van der Waals surface area contributed by atoms with Crippen molar-refractivity contribution in [3.63, 3.8) is 0 Å². The molecule has 0 unspecified atom stereocenters. The first-order valence-corrected chi connectivity index (χ1v) is 4.61. The number of rotatable bonds is 0. The molecule has 1 heterocycles. The van der Waals surface area contributed by atoms with Crippen molar-refractivity contribution in [2.75, 3.05) is 6.54 Å². The first kappa shape index (κ1) is 10.3. The maximum atomic E-state index is 12.6. The highest BCUT2D eigenvalue weighted by Crippen LogP contribution is 2.36. The van der Waals surface area contributed by atoms with Crippen molar-refractivity contribution in [1.29, 1.82) is 0 Å². The number of benzene rings is 1. The molecule has 15 heavy (non-hydrogen) atoms. The summed E-state index contributed by atoms with van der Waals surface area (Å²) in [6.07, 6.45) is -3.88. The number of nitrogens with one attached hydrogen (secondary N) is 1. The van der Waals surface area contributed by atoms with Crippen molar-refractivity contribution in [3.05, 3.63) is 28.8 Å². The summed E-state index contributed by atoms with van der Waals surface area (Å²) in [4.78, 5) is 0. The molecular weight excluding hydrogens is 207 g/mol. The van der Waals surface area contributed by atoms with E-state index in [1.165, 1.54) is 6.07 Å². The van der Waals surface area contributed by atoms with Gasteiger partial charge in [0.05, 0.1) is 5.56 Å². The second kappa shape index (κ2) is 3.41. The molecule has 2 nitrogen and oxygen atoms in total. The molecule has 0 saturated carbocycles. The number of halogens is 3. The van der Waals surface area contributed by atoms with E-state index in [-0.39, 0.29) is 17.9 Å². The Bertz CT molecular complexity index is 387. The minimum absolute atomic E-state index is 0.213. The van der Waals surface area contributed by atoms with Gasteiger partial charge in [-0.3, -0.25) is 0 Å². The van der Waals surface area contributed by atoms with Gasteiger partial charge in [-0.25, -0.2) is 0 Å². The summed E-state index contributed by atoms with van der Waals surface area (Å²) in [5.74, 6) is -0.317. The summed E-state index contributed by atoms with van der Waals surface area (Å²) >= 11 is 0. The Morgan fingerprint density at radius 3 is 2.67 bits per heavy atom. The second-order valence-electron chi connectivity index (χ2n) is 3.56. The zero-order chi connectivity index (χ0) is 11.1. The van der Waals surface area contributed by atoms with E-state index in [0.29, 0.717) is 18.5 Å². The molecule has 2 rings (SSSR count). The summed E-state index contributed by atoms with van der Waals surface area (Å²) in [6.45, 7) is 0.859. The average Bonchev–Trinajstić information content (AvgIpc) is 2.15. The topological polar surface area (TPSA) is 32.3 Å². The van der Waals surface area contributed by atoms with Crippen LogP contribution in [0.25, 0.3) is 0 Å². The highest BCUT2D eigenvalue weighted by Gasteiger charge is 2.35. The van der Waals surface area contributed by atoms with Crippen LogP contribution in [0, 0.1) is 0 Å². The summed E-state index contributed by atoms with van der Waals surface area (Å²) in [5, 5.41) is 12.1. The molecule has 82 valence electrons. The van der Waals surface area contributed by atoms with Gasteiger partial charge in [-0.05, 0) is 36.2 Å². The number of alkyl halides is 3. The second-order valence-corrected chi connectivity index (χ2v) is 3.56. The number of phenols is 1. The lowest BCUT2D eigenvalue weighted by molar-refractivity contribution is -0.138. The van der Waals surface area contributed by atoms with E-state index in [1.807, 2.05) is 0 Å². The van der Waals surface area contributed by atoms with E-state index < -0.39 is 11.7 Å². The van der Waals surface area contributed by atoms with Crippen LogP contribution >= 0.6 is 0 Å². The number of phenolic OH excluding ortho intramolecular Hbond substituents is 1. The molecule has 0 atom stereocenters. The zero-order valence-corrected chi connectivity index (χ0v) is 7.86. The predicted octanol–water partition coefficient (Wildman–Crippen LogP) is 2.06. The van der Waals surface area contributed by atoms with Gasteiger partial charge in [-0.1, -0.05) is 0 Å². The van der Waals surface area contributed by atoms with Crippen LogP contribution < -0.4 is 5.32 Å². The molecule has 0 amide bonds. The Labute approximate surface area is 84.7 Å². The average molecular weight is 217 g/mol. The Kier molecular flexibility index (Phi) is 2.34. The van der Waals surface area contributed by atoms with E-state index in [4.69, 9.17) is 0 Å². The number of fused-ring (bicyclic) bond motifs is 1. The van der Waals surface area contributed by atoms with Crippen LogP contribution in [0.1, 0.15) is 16.7 Å². The maximum absolute atomic E-state index is 12.6. The first-order chi connectivity index (χ1) is 6.98. The van der Waals surface area contributed by atoms with E-state index in [1.54, 1.807) is 0 Å². The number of hydrogen-bond acceptors (Lipinski definition) is 2. The number of aromatic hydroxyl groups is 1. The normalized spacial score (nSPS) is 16.2. The largest absolute Gasteiger partial charge is 0.508 e. The van der Waals surface area contributed by atoms with Crippen LogP contribution in [0.5, 0.6) is 5.75 Å². The molecule has 0 saturated heterocycles. The van der Waals surface area contributed by atoms with Gasteiger partial charge in [0.25, 0.3) is 0 Å². The summed E-state index contributed by atoms with van der Waals surface area (Å²) in [6, 6.07) is 2.19. The lowest BCUT2D eigenvalue weighted by atomic mass is 9.95. The third-order valence-electron chi connectivity index (χ3n) is 2.51. The fraction of sp³-hybridized carbons (Fsp3) is 0.400. The summed E-state index contributed by atoms with van der Waals surface area (Å²) in [5.41, 5.74) is 0.109. The SMILES string of the molecule is Oc1cc2c(c(C(F)(F)F)c1)CNCC2. The third-order valence-corrected chi connectivity index (χ3v) is 2.51. The van der Waals surface area contributed by atoms with E-state index in [9.17, 15) is 18.3 Å². The van der Waals surface area contributed by atoms with Crippen LogP contribution in [0.4, 0.5) is 13.2 Å². The molecular formula is C10H10F3NO. The van der Waals surface area contributed by atoms with Crippen molar-refractivity contribution in [2.24, 2.45) is 0 Å². The zero-order valence-electron chi connectivity index (χ0n) is 7.86. The third kappa shape index (κ3) is 1.92. The van der Waals surface area contributed by atoms with Crippen LogP contribution in [-0.4, -0.2) is 11.7 Å². The van der Waals surface area contributed by atoms with Gasteiger partial charge in [-0.2, -0.15) is 13.2 Å². The fourth-order valence-corrected chi connectivity index (χ4v) is 1.84. The van der Waals surface area contributed by atoms with E-state index in [2.05, 4.69) is 5.32 Å². The molecule has 1 aromatic carbocycles. The molecule has 5 heteroatoms. The molecule has 1 aliphatic heterocycles. The minimum Gasteiger partial charge on any atom is -0.508 e.